The van der Waals surface area contributed by atoms with Crippen LogP contribution in [0.25, 0.3) is 0 Å². The van der Waals surface area contributed by atoms with Gasteiger partial charge in [-0.25, -0.2) is 9.67 Å². The smallest absolute Gasteiger partial charge is 0.543 e. The fraction of sp³-hybridized carbons (Fsp3) is 0.400. The Balaban J connectivity index is 0.00000289. The van der Waals surface area contributed by atoms with Gasteiger partial charge >= 0.3 is 29.6 Å². The van der Waals surface area contributed by atoms with Crippen LogP contribution < -0.4 is 51.0 Å². The van der Waals surface area contributed by atoms with E-state index in [1.54, 1.807) is 12.4 Å². The molecule has 32 heavy (non-hydrogen) atoms. The third-order valence-electron chi connectivity index (χ3n) is 4.47. The average molecular weight is 506 g/mol. The Morgan fingerprint density at radius 2 is 2.22 bits per heavy atom. The summed E-state index contributed by atoms with van der Waals surface area (Å²) in [6.07, 6.45) is 0. The molecule has 2 aromatic heterocycles. The number of rotatable bonds is 8. The van der Waals surface area contributed by atoms with Crippen molar-refractivity contribution in [2.45, 2.75) is 16.6 Å². The van der Waals surface area contributed by atoms with Crippen molar-refractivity contribution >= 4 is 63.6 Å². The summed E-state index contributed by atoms with van der Waals surface area (Å²) in [5.41, 5.74) is 5.92. The van der Waals surface area contributed by atoms with Gasteiger partial charge in [-0.05, 0) is 16.0 Å². The summed E-state index contributed by atoms with van der Waals surface area (Å²) in [5, 5.41) is 30.4. The maximum atomic E-state index is 12.6. The van der Waals surface area contributed by atoms with E-state index in [1.807, 2.05) is 0 Å². The third kappa shape index (κ3) is 5.04. The van der Waals surface area contributed by atoms with E-state index in [0.717, 1.165) is 0 Å². The SMILES string of the molecule is Cn1nnnc1SCC1=C(C(=O)[O-])N2C(=O)[C@@H](NC(=O)CNc3csc(N)n3)[C@@H]2SC1.[Na+]. The number of nitrogen functional groups attached to an aromatic ring is 1. The Labute approximate surface area is 216 Å². The molecule has 2 amide bonds. The van der Waals surface area contributed by atoms with E-state index in [4.69, 9.17) is 5.73 Å². The number of anilines is 2. The molecule has 0 unspecified atom stereocenters. The summed E-state index contributed by atoms with van der Waals surface area (Å²) in [7, 11) is 1.67. The normalized spacial score (nSPS) is 19.7. The molecular formula is C15H16N9NaO4S3. The number of hydrogen-bond donors (Lipinski definition) is 3. The van der Waals surface area contributed by atoms with E-state index in [1.165, 1.54) is 44.4 Å². The van der Waals surface area contributed by atoms with Crippen LogP contribution >= 0.6 is 34.9 Å². The number of nitrogens with zero attached hydrogens (tertiary/aromatic N) is 6. The van der Waals surface area contributed by atoms with E-state index >= 15 is 0 Å². The number of aliphatic carboxylic acids is 1. The summed E-state index contributed by atoms with van der Waals surface area (Å²) in [6.45, 7) is -0.0961. The van der Waals surface area contributed by atoms with Crippen LogP contribution in [0.5, 0.6) is 0 Å². The molecule has 0 radical (unpaired) electrons. The molecule has 0 bridgehead atoms. The minimum Gasteiger partial charge on any atom is -0.543 e. The number of aryl methyl sites for hydroxylation is 1. The number of nitrogens with one attached hydrogen (secondary N) is 2. The number of amides is 2. The second kappa shape index (κ2) is 10.4. The van der Waals surface area contributed by atoms with E-state index in [0.29, 0.717) is 33.2 Å². The van der Waals surface area contributed by atoms with Crippen LogP contribution in [0.2, 0.25) is 0 Å². The molecule has 2 atom stereocenters. The number of carboxylic acid groups (broad SMARTS) is 1. The van der Waals surface area contributed by atoms with Gasteiger partial charge in [0.2, 0.25) is 11.1 Å². The van der Waals surface area contributed by atoms with Crippen molar-refractivity contribution in [3.63, 3.8) is 0 Å². The maximum Gasteiger partial charge on any atom is 1.00 e. The molecule has 4 heterocycles. The number of thiazole rings is 1. The van der Waals surface area contributed by atoms with Crippen molar-refractivity contribution in [2.24, 2.45) is 7.05 Å². The van der Waals surface area contributed by atoms with Crippen LogP contribution in [0.1, 0.15) is 0 Å². The largest absolute Gasteiger partial charge is 1.00 e. The van der Waals surface area contributed by atoms with Gasteiger partial charge in [-0.3, -0.25) is 14.5 Å². The molecule has 2 aliphatic rings. The summed E-state index contributed by atoms with van der Waals surface area (Å²) in [6, 6.07) is -0.814. The van der Waals surface area contributed by atoms with Crippen LogP contribution in [0.15, 0.2) is 21.8 Å². The van der Waals surface area contributed by atoms with Crippen molar-refractivity contribution in [3.05, 3.63) is 16.7 Å². The van der Waals surface area contributed by atoms with Gasteiger partial charge in [-0.15, -0.1) is 28.2 Å². The molecule has 17 heteroatoms. The molecule has 164 valence electrons. The van der Waals surface area contributed by atoms with Gasteiger partial charge < -0.3 is 26.3 Å². The topological polar surface area (TPSA) is 184 Å². The number of fused-ring (bicyclic) bond motifs is 1. The summed E-state index contributed by atoms with van der Waals surface area (Å²) in [4.78, 5) is 41.8. The number of carbonyl (C=O) groups is 3. The van der Waals surface area contributed by atoms with Crippen molar-refractivity contribution in [1.29, 1.82) is 0 Å². The molecule has 4 rings (SSSR count). The van der Waals surface area contributed by atoms with Crippen LogP contribution in [-0.2, 0) is 21.4 Å². The molecule has 0 saturated carbocycles. The predicted octanol–water partition coefficient (Wildman–Crippen LogP) is -5.14. The maximum absolute atomic E-state index is 12.6. The summed E-state index contributed by atoms with van der Waals surface area (Å²) < 4.78 is 1.47. The van der Waals surface area contributed by atoms with Crippen molar-refractivity contribution in [3.8, 4) is 0 Å². The summed E-state index contributed by atoms with van der Waals surface area (Å²) >= 11 is 3.88. The van der Waals surface area contributed by atoms with Gasteiger partial charge in [0, 0.05) is 23.9 Å². The molecule has 2 aromatic rings. The Morgan fingerprint density at radius 3 is 2.84 bits per heavy atom. The van der Waals surface area contributed by atoms with Gasteiger partial charge in [-0.1, -0.05) is 11.8 Å². The van der Waals surface area contributed by atoms with Crippen LogP contribution in [0, 0.1) is 0 Å². The molecule has 1 saturated heterocycles. The zero-order chi connectivity index (χ0) is 22.1. The van der Waals surface area contributed by atoms with Crippen LogP contribution in [0.3, 0.4) is 0 Å². The second-order valence-electron chi connectivity index (χ2n) is 6.49. The van der Waals surface area contributed by atoms with E-state index < -0.39 is 29.2 Å². The number of thioether (sulfide) groups is 2. The zero-order valence-corrected chi connectivity index (χ0v) is 21.4. The van der Waals surface area contributed by atoms with Gasteiger partial charge in [0.25, 0.3) is 5.91 Å². The molecule has 1 fully saturated rings. The Bertz CT molecular complexity index is 1070. The fourth-order valence-electron chi connectivity index (χ4n) is 3.04. The van der Waals surface area contributed by atoms with Gasteiger partial charge in [0.05, 0.1) is 18.2 Å². The molecule has 0 spiro atoms. The number of β-lactam (4-membered cyclic amide) rings is 1. The molecule has 13 nitrogen and oxygen atoms in total. The van der Waals surface area contributed by atoms with Crippen molar-refractivity contribution in [2.75, 3.05) is 29.1 Å². The van der Waals surface area contributed by atoms with Gasteiger partial charge in [0.15, 0.2) is 5.13 Å². The Kier molecular flexibility index (Phi) is 8.05. The summed E-state index contributed by atoms with van der Waals surface area (Å²) in [5.74, 6) is -1.21. The molecule has 0 aromatic carbocycles. The number of nitrogens with two attached hydrogens (primary N) is 1. The van der Waals surface area contributed by atoms with Gasteiger partial charge in [0.1, 0.15) is 17.2 Å². The molecule has 0 aliphatic carbocycles. The molecular weight excluding hydrogens is 489 g/mol. The minimum absolute atomic E-state index is 0. The number of hydrogen-bond acceptors (Lipinski definition) is 13. The van der Waals surface area contributed by atoms with Crippen molar-refractivity contribution in [1.82, 2.24) is 35.4 Å². The number of carboxylic acids is 1. The first-order valence-electron chi connectivity index (χ1n) is 8.82. The quantitative estimate of drug-likeness (QED) is 0.176. The Hall–Kier alpha value is -1.85. The second-order valence-corrected chi connectivity index (χ2v) is 9.43. The average Bonchev–Trinajstić information content (AvgIpc) is 3.35. The first kappa shape index (κ1) is 24.8. The minimum atomic E-state index is -1.43. The predicted molar refractivity (Wildman–Crippen MR) is 112 cm³/mol. The number of tetrazole rings is 1. The van der Waals surface area contributed by atoms with E-state index in [9.17, 15) is 19.5 Å². The third-order valence-corrected chi connectivity index (χ3v) is 7.58. The molecule has 2 aliphatic heterocycles. The number of carbonyl (C=O) groups excluding carboxylic acids is 3. The first-order chi connectivity index (χ1) is 14.8. The zero-order valence-electron chi connectivity index (χ0n) is 17.0. The number of aromatic nitrogens is 5. The van der Waals surface area contributed by atoms with Gasteiger partial charge in [-0.2, -0.15) is 0 Å². The van der Waals surface area contributed by atoms with E-state index in [-0.39, 0.29) is 41.8 Å². The molecule has 4 N–H and O–H groups in total. The van der Waals surface area contributed by atoms with E-state index in [2.05, 4.69) is 31.1 Å². The Morgan fingerprint density at radius 1 is 1.44 bits per heavy atom. The fourth-order valence-corrected chi connectivity index (χ4v) is 5.90. The van der Waals surface area contributed by atoms with Crippen molar-refractivity contribution < 1.29 is 49.0 Å². The first-order valence-corrected chi connectivity index (χ1v) is 11.7. The standard InChI is InChI=1S/C15H17N9O4S3.Na/c1-23-15(20-21-22-23)31-4-6-3-29-12-9(11(26)24(12)10(6)13(27)28)19-8(25)2-17-7-5-30-14(16)18-7;/h5,9,12,17H,2-4H2,1H3,(H2,16,18)(H,19,25)(H,27,28);/q;+1/p-1/t9-,12+;/m1./s1. The van der Waals surface area contributed by atoms with Crippen LogP contribution in [-0.4, -0.2) is 77.3 Å². The monoisotopic (exact) mass is 505 g/mol. The van der Waals surface area contributed by atoms with Crippen LogP contribution in [0.4, 0.5) is 10.9 Å².